The Morgan fingerprint density at radius 1 is 1.05 bits per heavy atom. The summed E-state index contributed by atoms with van der Waals surface area (Å²) in [4.78, 5) is 11.8. The summed E-state index contributed by atoms with van der Waals surface area (Å²) in [5.74, 6) is -0.271. The second-order valence-electron chi connectivity index (χ2n) is 5.40. The van der Waals surface area contributed by atoms with Gasteiger partial charge < -0.3 is 9.30 Å². The first-order valence-corrected chi connectivity index (χ1v) is 7.40. The third kappa shape index (κ3) is 2.62. The fraction of sp³-hybridized carbons (Fsp3) is 0.211. The van der Waals surface area contributed by atoms with Gasteiger partial charge in [-0.05, 0) is 42.0 Å². The van der Waals surface area contributed by atoms with Crippen LogP contribution in [-0.2, 0) is 24.6 Å². The Morgan fingerprint density at radius 2 is 1.77 bits per heavy atom. The number of hydrogen-bond acceptors (Lipinski definition) is 2. The first-order valence-electron chi connectivity index (χ1n) is 7.40. The summed E-state index contributed by atoms with van der Waals surface area (Å²) in [5.41, 5.74) is 4.18. The molecule has 0 amide bonds. The van der Waals surface area contributed by atoms with Crippen LogP contribution in [0.3, 0.4) is 0 Å². The van der Waals surface area contributed by atoms with E-state index in [9.17, 15) is 4.79 Å². The second-order valence-corrected chi connectivity index (χ2v) is 5.40. The maximum Gasteiger partial charge on any atom is 0.338 e. The second kappa shape index (κ2) is 6.06. The SMILES string of the molecule is COC(=O)c1ccccc1CCc1cc2ccccc2n1C. The summed E-state index contributed by atoms with van der Waals surface area (Å²) in [6.45, 7) is 0. The molecule has 0 N–H and O–H groups in total. The van der Waals surface area contributed by atoms with Gasteiger partial charge in [0.05, 0.1) is 12.7 Å². The lowest BCUT2D eigenvalue weighted by Crippen LogP contribution is -2.07. The van der Waals surface area contributed by atoms with Gasteiger partial charge in [0.1, 0.15) is 0 Å². The normalized spacial score (nSPS) is 10.8. The Balaban J connectivity index is 1.86. The van der Waals surface area contributed by atoms with Crippen LogP contribution in [-0.4, -0.2) is 17.6 Å². The molecule has 0 atom stereocenters. The Hall–Kier alpha value is -2.55. The van der Waals surface area contributed by atoms with E-state index in [1.807, 2.05) is 24.3 Å². The van der Waals surface area contributed by atoms with Crippen LogP contribution in [0, 0.1) is 0 Å². The fourth-order valence-corrected chi connectivity index (χ4v) is 2.90. The number of fused-ring (bicyclic) bond motifs is 1. The Labute approximate surface area is 130 Å². The van der Waals surface area contributed by atoms with Crippen LogP contribution in [0.25, 0.3) is 10.9 Å². The minimum Gasteiger partial charge on any atom is -0.465 e. The zero-order valence-electron chi connectivity index (χ0n) is 12.9. The zero-order chi connectivity index (χ0) is 15.5. The highest BCUT2D eigenvalue weighted by Gasteiger charge is 2.12. The van der Waals surface area contributed by atoms with E-state index in [0.717, 1.165) is 18.4 Å². The number of methoxy groups -OCH3 is 1. The van der Waals surface area contributed by atoms with Gasteiger partial charge in [0.15, 0.2) is 0 Å². The number of benzene rings is 2. The Morgan fingerprint density at radius 3 is 2.55 bits per heavy atom. The summed E-state index contributed by atoms with van der Waals surface area (Å²) in [7, 11) is 3.51. The molecule has 1 aromatic heterocycles. The number of para-hydroxylation sites is 1. The minimum atomic E-state index is -0.271. The van der Waals surface area contributed by atoms with E-state index in [-0.39, 0.29) is 5.97 Å². The summed E-state index contributed by atoms with van der Waals surface area (Å²) < 4.78 is 7.07. The van der Waals surface area contributed by atoms with E-state index in [1.165, 1.54) is 23.7 Å². The van der Waals surface area contributed by atoms with Crippen molar-refractivity contribution in [3.63, 3.8) is 0 Å². The highest BCUT2D eigenvalue weighted by Crippen LogP contribution is 2.20. The molecule has 0 saturated carbocycles. The molecule has 3 aromatic rings. The molecule has 1 heterocycles. The van der Waals surface area contributed by atoms with E-state index in [0.29, 0.717) is 5.56 Å². The van der Waals surface area contributed by atoms with Gasteiger partial charge in [-0.2, -0.15) is 0 Å². The maximum atomic E-state index is 11.8. The molecule has 0 aliphatic heterocycles. The number of rotatable bonds is 4. The molecule has 0 bridgehead atoms. The maximum absolute atomic E-state index is 11.8. The summed E-state index contributed by atoms with van der Waals surface area (Å²) >= 11 is 0. The highest BCUT2D eigenvalue weighted by atomic mass is 16.5. The van der Waals surface area contributed by atoms with Crippen LogP contribution in [0.2, 0.25) is 0 Å². The highest BCUT2D eigenvalue weighted by molar-refractivity contribution is 5.91. The van der Waals surface area contributed by atoms with Gasteiger partial charge in [-0.3, -0.25) is 0 Å². The molecule has 0 unspecified atom stereocenters. The number of aryl methyl sites for hydroxylation is 3. The lowest BCUT2D eigenvalue weighted by atomic mass is 10.0. The molecular formula is C19H19NO2. The molecule has 0 radical (unpaired) electrons. The van der Waals surface area contributed by atoms with Gasteiger partial charge in [-0.25, -0.2) is 4.79 Å². The predicted octanol–water partition coefficient (Wildman–Crippen LogP) is 3.75. The molecule has 3 heteroatoms. The Bertz CT molecular complexity index is 817. The number of ether oxygens (including phenoxy) is 1. The van der Waals surface area contributed by atoms with E-state index in [4.69, 9.17) is 4.74 Å². The van der Waals surface area contributed by atoms with Crippen molar-refractivity contribution in [3.8, 4) is 0 Å². The molecule has 3 nitrogen and oxygen atoms in total. The van der Waals surface area contributed by atoms with Crippen molar-refractivity contribution in [1.29, 1.82) is 0 Å². The zero-order valence-corrected chi connectivity index (χ0v) is 12.9. The number of nitrogens with zero attached hydrogens (tertiary/aromatic N) is 1. The summed E-state index contributed by atoms with van der Waals surface area (Å²) in [6, 6.07) is 18.2. The Kier molecular flexibility index (Phi) is 3.96. The largest absolute Gasteiger partial charge is 0.465 e. The van der Waals surface area contributed by atoms with Gasteiger partial charge in [-0.1, -0.05) is 36.4 Å². The summed E-state index contributed by atoms with van der Waals surface area (Å²) in [6.07, 6.45) is 1.70. The molecule has 22 heavy (non-hydrogen) atoms. The van der Waals surface area contributed by atoms with Gasteiger partial charge in [-0.15, -0.1) is 0 Å². The van der Waals surface area contributed by atoms with Crippen LogP contribution in [0.1, 0.15) is 21.6 Å². The first-order chi connectivity index (χ1) is 10.7. The average Bonchev–Trinajstić information content (AvgIpc) is 2.89. The molecule has 0 saturated heterocycles. The van der Waals surface area contributed by atoms with E-state index >= 15 is 0 Å². The number of carbonyl (C=O) groups excluding carboxylic acids is 1. The molecule has 112 valence electrons. The molecule has 2 aromatic carbocycles. The molecule has 0 spiro atoms. The lowest BCUT2D eigenvalue weighted by Gasteiger charge is -2.08. The van der Waals surface area contributed by atoms with Crippen molar-refractivity contribution in [3.05, 3.63) is 71.4 Å². The fourth-order valence-electron chi connectivity index (χ4n) is 2.90. The van der Waals surface area contributed by atoms with Crippen LogP contribution in [0.4, 0.5) is 0 Å². The van der Waals surface area contributed by atoms with Crippen LogP contribution < -0.4 is 0 Å². The standard InChI is InChI=1S/C19H19NO2/c1-20-16(13-15-8-4-6-10-18(15)20)12-11-14-7-3-5-9-17(14)19(21)22-2/h3-10,13H,11-12H2,1-2H3. The molecule has 0 aliphatic rings. The first kappa shape index (κ1) is 14.4. The third-order valence-electron chi connectivity index (χ3n) is 4.12. The predicted molar refractivity (Wildman–Crippen MR) is 88.1 cm³/mol. The van der Waals surface area contributed by atoms with Crippen molar-refractivity contribution in [2.24, 2.45) is 7.05 Å². The van der Waals surface area contributed by atoms with Crippen molar-refractivity contribution in [1.82, 2.24) is 4.57 Å². The minimum absolute atomic E-state index is 0.271. The van der Waals surface area contributed by atoms with Gasteiger partial charge in [0.2, 0.25) is 0 Å². The van der Waals surface area contributed by atoms with Crippen LogP contribution >= 0.6 is 0 Å². The molecule has 3 rings (SSSR count). The lowest BCUT2D eigenvalue weighted by molar-refractivity contribution is 0.0599. The van der Waals surface area contributed by atoms with E-state index in [1.54, 1.807) is 0 Å². The van der Waals surface area contributed by atoms with Crippen molar-refractivity contribution < 1.29 is 9.53 Å². The smallest absolute Gasteiger partial charge is 0.338 e. The number of aromatic nitrogens is 1. The topological polar surface area (TPSA) is 31.2 Å². The molecule has 0 aliphatic carbocycles. The van der Waals surface area contributed by atoms with Crippen molar-refractivity contribution >= 4 is 16.9 Å². The van der Waals surface area contributed by atoms with Crippen LogP contribution in [0.5, 0.6) is 0 Å². The quantitative estimate of drug-likeness (QED) is 0.686. The van der Waals surface area contributed by atoms with E-state index < -0.39 is 0 Å². The van der Waals surface area contributed by atoms with E-state index in [2.05, 4.69) is 41.9 Å². The molecular weight excluding hydrogens is 274 g/mol. The van der Waals surface area contributed by atoms with Crippen molar-refractivity contribution in [2.45, 2.75) is 12.8 Å². The third-order valence-corrected chi connectivity index (χ3v) is 4.12. The average molecular weight is 293 g/mol. The number of esters is 1. The van der Waals surface area contributed by atoms with Crippen molar-refractivity contribution in [2.75, 3.05) is 7.11 Å². The monoisotopic (exact) mass is 293 g/mol. The number of carbonyl (C=O) groups is 1. The number of hydrogen-bond donors (Lipinski definition) is 0. The van der Waals surface area contributed by atoms with Gasteiger partial charge in [0, 0.05) is 18.3 Å². The summed E-state index contributed by atoms with van der Waals surface area (Å²) in [5, 5.41) is 1.25. The van der Waals surface area contributed by atoms with Crippen LogP contribution in [0.15, 0.2) is 54.6 Å². The van der Waals surface area contributed by atoms with Gasteiger partial charge >= 0.3 is 5.97 Å². The van der Waals surface area contributed by atoms with Gasteiger partial charge in [0.25, 0.3) is 0 Å². The molecule has 0 fully saturated rings.